The monoisotopic (exact) mass is 276 g/mol. The van der Waals surface area contributed by atoms with E-state index in [1.54, 1.807) is 13.0 Å². The second kappa shape index (κ2) is 6.64. The van der Waals surface area contributed by atoms with Crippen molar-refractivity contribution < 1.29 is 9.53 Å². The van der Waals surface area contributed by atoms with Crippen molar-refractivity contribution in [1.29, 1.82) is 0 Å². The number of nitrogens with two attached hydrogens (primary N) is 1. The van der Waals surface area contributed by atoms with Crippen molar-refractivity contribution in [3.63, 3.8) is 0 Å². The van der Waals surface area contributed by atoms with Crippen molar-refractivity contribution in [2.24, 2.45) is 5.92 Å². The Labute approximate surface area is 120 Å². The highest BCUT2D eigenvalue weighted by Gasteiger charge is 2.18. The third-order valence-electron chi connectivity index (χ3n) is 3.98. The van der Waals surface area contributed by atoms with E-state index in [-0.39, 0.29) is 5.97 Å². The number of carbonyl (C=O) groups is 1. The van der Waals surface area contributed by atoms with Crippen LogP contribution in [0.1, 0.15) is 43.0 Å². The molecule has 1 saturated carbocycles. The molecule has 0 spiro atoms. The first-order valence-electron chi connectivity index (χ1n) is 7.39. The molecule has 0 saturated heterocycles. The summed E-state index contributed by atoms with van der Waals surface area (Å²) in [4.78, 5) is 14.1. The SMILES string of the molecule is CCOC(=O)c1cc(N(C)CC2CCCC2)ccc1N. The molecular formula is C16H24N2O2. The lowest BCUT2D eigenvalue weighted by Crippen LogP contribution is -2.24. The molecule has 110 valence electrons. The van der Waals surface area contributed by atoms with Crippen LogP contribution in [0.3, 0.4) is 0 Å². The minimum Gasteiger partial charge on any atom is -0.462 e. The van der Waals surface area contributed by atoms with Crippen LogP contribution in [0.5, 0.6) is 0 Å². The van der Waals surface area contributed by atoms with Gasteiger partial charge in [0, 0.05) is 25.0 Å². The number of hydrogen-bond donors (Lipinski definition) is 1. The molecule has 20 heavy (non-hydrogen) atoms. The van der Waals surface area contributed by atoms with Crippen LogP contribution in [0, 0.1) is 5.92 Å². The summed E-state index contributed by atoms with van der Waals surface area (Å²) in [6.07, 6.45) is 5.30. The van der Waals surface area contributed by atoms with Gasteiger partial charge in [-0.15, -0.1) is 0 Å². The fourth-order valence-corrected chi connectivity index (χ4v) is 2.85. The summed E-state index contributed by atoms with van der Waals surface area (Å²) in [5, 5.41) is 0. The van der Waals surface area contributed by atoms with Crippen molar-refractivity contribution in [3.05, 3.63) is 23.8 Å². The fourth-order valence-electron chi connectivity index (χ4n) is 2.85. The van der Waals surface area contributed by atoms with Gasteiger partial charge in [-0.25, -0.2) is 4.79 Å². The predicted molar refractivity (Wildman–Crippen MR) is 82.0 cm³/mol. The molecule has 1 aromatic rings. The minimum absolute atomic E-state index is 0.346. The Morgan fingerprint density at radius 3 is 2.75 bits per heavy atom. The number of nitrogen functional groups attached to an aromatic ring is 1. The van der Waals surface area contributed by atoms with Gasteiger partial charge in [0.2, 0.25) is 0 Å². The van der Waals surface area contributed by atoms with E-state index in [4.69, 9.17) is 10.5 Å². The van der Waals surface area contributed by atoms with Gasteiger partial charge < -0.3 is 15.4 Å². The molecule has 0 unspecified atom stereocenters. The average molecular weight is 276 g/mol. The van der Waals surface area contributed by atoms with Gasteiger partial charge in [-0.05, 0) is 43.9 Å². The molecule has 0 aliphatic heterocycles. The Bertz CT molecular complexity index is 468. The van der Waals surface area contributed by atoms with Crippen LogP contribution in [0.2, 0.25) is 0 Å². The maximum atomic E-state index is 11.9. The van der Waals surface area contributed by atoms with Crippen LogP contribution in [0.25, 0.3) is 0 Å². The fraction of sp³-hybridized carbons (Fsp3) is 0.562. The van der Waals surface area contributed by atoms with Crippen molar-refractivity contribution in [1.82, 2.24) is 0 Å². The quantitative estimate of drug-likeness (QED) is 0.663. The number of esters is 1. The molecule has 1 aliphatic rings. The first-order chi connectivity index (χ1) is 9.61. The van der Waals surface area contributed by atoms with Crippen LogP contribution >= 0.6 is 0 Å². The van der Waals surface area contributed by atoms with Gasteiger partial charge in [0.25, 0.3) is 0 Å². The molecule has 0 radical (unpaired) electrons. The van der Waals surface area contributed by atoms with Crippen molar-refractivity contribution in [2.75, 3.05) is 30.8 Å². The lowest BCUT2D eigenvalue weighted by atomic mass is 10.1. The average Bonchev–Trinajstić information content (AvgIpc) is 2.92. The molecule has 4 nitrogen and oxygen atoms in total. The second-order valence-corrected chi connectivity index (χ2v) is 5.52. The number of anilines is 2. The molecule has 4 heteroatoms. The predicted octanol–water partition coefficient (Wildman–Crippen LogP) is 3.07. The van der Waals surface area contributed by atoms with E-state index >= 15 is 0 Å². The molecular weight excluding hydrogens is 252 g/mol. The highest BCUT2D eigenvalue weighted by Crippen LogP contribution is 2.28. The summed E-state index contributed by atoms with van der Waals surface area (Å²) < 4.78 is 5.04. The maximum Gasteiger partial charge on any atom is 0.340 e. The van der Waals surface area contributed by atoms with Gasteiger partial charge in [-0.3, -0.25) is 0 Å². The zero-order chi connectivity index (χ0) is 14.5. The second-order valence-electron chi connectivity index (χ2n) is 5.52. The van der Waals surface area contributed by atoms with Crippen LogP contribution in [-0.2, 0) is 4.74 Å². The largest absolute Gasteiger partial charge is 0.462 e. The third-order valence-corrected chi connectivity index (χ3v) is 3.98. The summed E-state index contributed by atoms with van der Waals surface area (Å²) in [5.41, 5.74) is 7.82. The summed E-state index contributed by atoms with van der Waals surface area (Å²) >= 11 is 0. The maximum absolute atomic E-state index is 11.9. The zero-order valence-electron chi connectivity index (χ0n) is 12.4. The van der Waals surface area contributed by atoms with E-state index in [1.807, 2.05) is 12.1 Å². The van der Waals surface area contributed by atoms with Crippen LogP contribution in [0.15, 0.2) is 18.2 Å². The van der Waals surface area contributed by atoms with Crippen LogP contribution in [-0.4, -0.2) is 26.2 Å². The summed E-state index contributed by atoms with van der Waals surface area (Å²) in [6.45, 7) is 3.19. The van der Waals surface area contributed by atoms with Gasteiger partial charge in [0.1, 0.15) is 0 Å². The number of nitrogens with zero attached hydrogens (tertiary/aromatic N) is 1. The topological polar surface area (TPSA) is 55.6 Å². The van der Waals surface area contributed by atoms with E-state index in [0.29, 0.717) is 17.9 Å². The molecule has 1 fully saturated rings. The van der Waals surface area contributed by atoms with Crippen LogP contribution in [0.4, 0.5) is 11.4 Å². The number of hydrogen-bond acceptors (Lipinski definition) is 4. The molecule has 2 rings (SSSR count). The smallest absolute Gasteiger partial charge is 0.340 e. The molecule has 0 atom stereocenters. The first kappa shape index (κ1) is 14.7. The van der Waals surface area contributed by atoms with E-state index < -0.39 is 0 Å². The number of benzene rings is 1. The van der Waals surface area contributed by atoms with E-state index in [9.17, 15) is 4.79 Å². The molecule has 1 aliphatic carbocycles. The number of ether oxygens (including phenoxy) is 1. The highest BCUT2D eigenvalue weighted by atomic mass is 16.5. The summed E-state index contributed by atoms with van der Waals surface area (Å²) in [7, 11) is 2.07. The molecule has 0 bridgehead atoms. The normalized spacial score (nSPS) is 15.3. The Morgan fingerprint density at radius 1 is 1.40 bits per heavy atom. The highest BCUT2D eigenvalue weighted by molar-refractivity contribution is 5.96. The Balaban J connectivity index is 2.11. The molecule has 1 aromatic carbocycles. The molecule has 0 amide bonds. The third kappa shape index (κ3) is 3.44. The molecule has 0 heterocycles. The lowest BCUT2D eigenvalue weighted by Gasteiger charge is -2.23. The summed E-state index contributed by atoms with van der Waals surface area (Å²) in [5.74, 6) is 0.421. The standard InChI is InChI=1S/C16H24N2O2/c1-3-20-16(19)14-10-13(8-9-15(14)17)18(2)11-12-6-4-5-7-12/h8-10,12H,3-7,11,17H2,1-2H3. The van der Waals surface area contributed by atoms with Crippen LogP contribution < -0.4 is 10.6 Å². The first-order valence-corrected chi connectivity index (χ1v) is 7.39. The van der Waals surface area contributed by atoms with E-state index in [2.05, 4.69) is 11.9 Å². The lowest BCUT2D eigenvalue weighted by molar-refractivity contribution is 0.0527. The van der Waals surface area contributed by atoms with Gasteiger partial charge in [0.15, 0.2) is 0 Å². The number of carbonyl (C=O) groups excluding carboxylic acids is 1. The Morgan fingerprint density at radius 2 is 2.10 bits per heavy atom. The zero-order valence-corrected chi connectivity index (χ0v) is 12.4. The Kier molecular flexibility index (Phi) is 4.88. The molecule has 0 aromatic heterocycles. The van der Waals surface area contributed by atoms with E-state index in [0.717, 1.165) is 18.2 Å². The summed E-state index contributed by atoms with van der Waals surface area (Å²) in [6, 6.07) is 5.59. The van der Waals surface area contributed by atoms with E-state index in [1.165, 1.54) is 25.7 Å². The van der Waals surface area contributed by atoms with Gasteiger partial charge >= 0.3 is 5.97 Å². The molecule has 2 N–H and O–H groups in total. The van der Waals surface area contributed by atoms with Crippen molar-refractivity contribution in [2.45, 2.75) is 32.6 Å². The Hall–Kier alpha value is -1.71. The van der Waals surface area contributed by atoms with Gasteiger partial charge in [0.05, 0.1) is 12.2 Å². The van der Waals surface area contributed by atoms with Gasteiger partial charge in [-0.1, -0.05) is 12.8 Å². The number of rotatable bonds is 5. The minimum atomic E-state index is -0.346. The van der Waals surface area contributed by atoms with Crippen molar-refractivity contribution >= 4 is 17.3 Å². The van der Waals surface area contributed by atoms with Crippen molar-refractivity contribution in [3.8, 4) is 0 Å². The van der Waals surface area contributed by atoms with Gasteiger partial charge in [-0.2, -0.15) is 0 Å².